The Morgan fingerprint density at radius 3 is 2.43 bits per heavy atom. The predicted octanol–water partition coefficient (Wildman–Crippen LogP) is 2.79. The number of likely N-dealkylation sites (tertiary alicyclic amines) is 1. The van der Waals surface area contributed by atoms with E-state index in [0.29, 0.717) is 19.6 Å². The number of carbonyl (C=O) groups is 1. The lowest BCUT2D eigenvalue weighted by Crippen LogP contribution is -2.44. The second-order valence-electron chi connectivity index (χ2n) is 8.34. The third-order valence-electron chi connectivity index (χ3n) is 6.42. The van der Waals surface area contributed by atoms with Crippen LogP contribution in [0.2, 0.25) is 0 Å². The number of ether oxygens (including phenoxy) is 1. The van der Waals surface area contributed by atoms with Crippen molar-refractivity contribution in [2.75, 3.05) is 20.2 Å². The molecule has 1 saturated heterocycles. The van der Waals surface area contributed by atoms with Crippen molar-refractivity contribution in [1.29, 1.82) is 0 Å². The zero-order chi connectivity index (χ0) is 21.1. The monoisotopic (exact) mass is 413 g/mol. The molecule has 162 valence electrons. The van der Waals surface area contributed by atoms with E-state index in [1.54, 1.807) is 14.2 Å². The van der Waals surface area contributed by atoms with Crippen LogP contribution in [0.1, 0.15) is 61.9 Å². The Hall–Kier alpha value is -2.77. The van der Waals surface area contributed by atoms with E-state index in [2.05, 4.69) is 10.4 Å². The molecule has 2 heterocycles. The quantitative estimate of drug-likeness (QED) is 0.817. The van der Waals surface area contributed by atoms with Crippen molar-refractivity contribution in [2.45, 2.75) is 57.0 Å². The average molecular weight is 414 g/mol. The lowest BCUT2D eigenvalue weighted by Gasteiger charge is -2.32. The molecule has 2 fully saturated rings. The molecule has 1 aliphatic heterocycles. The fraction of sp³-hybridized carbons (Fsp3) is 0.591. The zero-order valence-electron chi connectivity index (χ0n) is 17.8. The highest BCUT2D eigenvalue weighted by Gasteiger charge is 2.31. The number of nitrogens with one attached hydrogen (secondary N) is 1. The number of benzene rings is 1. The Bertz CT molecular complexity index is 919. The molecule has 1 N–H and O–H groups in total. The molecule has 0 unspecified atom stereocenters. The van der Waals surface area contributed by atoms with Gasteiger partial charge in [-0.3, -0.25) is 4.57 Å². The molecule has 2 aromatic rings. The van der Waals surface area contributed by atoms with Crippen LogP contribution in [0, 0.1) is 0 Å². The summed E-state index contributed by atoms with van der Waals surface area (Å²) in [6.45, 7) is 1.84. The smallest absolute Gasteiger partial charge is 0.345 e. The number of nitrogens with zero attached hydrogens (tertiary/aromatic N) is 4. The second kappa shape index (κ2) is 8.93. The summed E-state index contributed by atoms with van der Waals surface area (Å²) >= 11 is 0. The van der Waals surface area contributed by atoms with Gasteiger partial charge in [0.25, 0.3) is 0 Å². The first kappa shape index (κ1) is 20.5. The first-order valence-corrected chi connectivity index (χ1v) is 10.9. The van der Waals surface area contributed by atoms with Crippen LogP contribution in [0.4, 0.5) is 4.79 Å². The molecule has 4 rings (SSSR count). The highest BCUT2D eigenvalue weighted by Crippen LogP contribution is 2.33. The second-order valence-corrected chi connectivity index (χ2v) is 8.34. The molecule has 0 radical (unpaired) electrons. The maximum absolute atomic E-state index is 12.6. The fourth-order valence-electron chi connectivity index (χ4n) is 4.66. The van der Waals surface area contributed by atoms with Crippen LogP contribution in [0.3, 0.4) is 0 Å². The summed E-state index contributed by atoms with van der Waals surface area (Å²) in [5, 5.41) is 7.58. The van der Waals surface area contributed by atoms with Crippen molar-refractivity contribution >= 4 is 6.03 Å². The van der Waals surface area contributed by atoms with Gasteiger partial charge in [0.05, 0.1) is 7.11 Å². The van der Waals surface area contributed by atoms with Gasteiger partial charge in [-0.25, -0.2) is 14.3 Å². The third kappa shape index (κ3) is 4.22. The van der Waals surface area contributed by atoms with Gasteiger partial charge in [-0.15, -0.1) is 0 Å². The van der Waals surface area contributed by atoms with E-state index >= 15 is 0 Å². The number of carbonyl (C=O) groups excluding carboxylic acids is 1. The molecule has 1 aromatic carbocycles. The molecule has 1 aromatic heterocycles. The molecule has 8 heteroatoms. The Kier molecular flexibility index (Phi) is 6.11. The highest BCUT2D eigenvalue weighted by atomic mass is 16.5. The molecular formula is C22H31N5O3. The molecule has 1 aliphatic carbocycles. The van der Waals surface area contributed by atoms with Gasteiger partial charge in [0, 0.05) is 38.6 Å². The number of amides is 2. The molecule has 8 nitrogen and oxygen atoms in total. The van der Waals surface area contributed by atoms with E-state index in [1.807, 2.05) is 33.7 Å². The number of aryl methyl sites for hydroxylation is 1. The molecule has 0 atom stereocenters. The van der Waals surface area contributed by atoms with Crippen LogP contribution in [0.15, 0.2) is 29.1 Å². The van der Waals surface area contributed by atoms with Crippen molar-refractivity contribution < 1.29 is 9.53 Å². The van der Waals surface area contributed by atoms with Crippen molar-refractivity contribution in [3.8, 4) is 5.75 Å². The maximum atomic E-state index is 12.6. The van der Waals surface area contributed by atoms with E-state index in [9.17, 15) is 9.59 Å². The number of rotatable bonds is 5. The normalized spacial score (nSPS) is 18.0. The van der Waals surface area contributed by atoms with Crippen molar-refractivity contribution in [3.63, 3.8) is 0 Å². The lowest BCUT2D eigenvalue weighted by atomic mass is 9.95. The first-order chi connectivity index (χ1) is 14.6. The molecule has 2 aliphatic rings. The summed E-state index contributed by atoms with van der Waals surface area (Å²) in [4.78, 5) is 27.1. The van der Waals surface area contributed by atoms with E-state index in [1.165, 1.54) is 17.5 Å². The zero-order valence-corrected chi connectivity index (χ0v) is 17.8. The SMILES string of the molecule is COc1ccc(CNC(=O)N2CCC(c3nn(C)c(=O)n3C3CCCC3)CC2)cc1. The number of hydrogen-bond acceptors (Lipinski definition) is 4. The van der Waals surface area contributed by atoms with Crippen LogP contribution in [-0.2, 0) is 13.6 Å². The Balaban J connectivity index is 1.34. The Labute approximate surface area is 176 Å². The molecule has 0 spiro atoms. The largest absolute Gasteiger partial charge is 0.497 e. The maximum Gasteiger partial charge on any atom is 0.345 e. The number of aromatic nitrogens is 3. The minimum Gasteiger partial charge on any atom is -0.497 e. The lowest BCUT2D eigenvalue weighted by molar-refractivity contribution is 0.179. The number of piperidine rings is 1. The minimum atomic E-state index is -0.0431. The molecule has 1 saturated carbocycles. The summed E-state index contributed by atoms with van der Waals surface area (Å²) in [5.41, 5.74) is 1.03. The van der Waals surface area contributed by atoms with Crippen LogP contribution >= 0.6 is 0 Å². The topological polar surface area (TPSA) is 81.4 Å². The van der Waals surface area contributed by atoms with Gasteiger partial charge in [-0.1, -0.05) is 25.0 Å². The van der Waals surface area contributed by atoms with Crippen molar-refractivity contribution in [3.05, 3.63) is 46.1 Å². The van der Waals surface area contributed by atoms with Gasteiger partial charge in [0.2, 0.25) is 0 Å². The van der Waals surface area contributed by atoms with Gasteiger partial charge < -0.3 is 15.0 Å². The van der Waals surface area contributed by atoms with E-state index in [4.69, 9.17) is 4.74 Å². The van der Waals surface area contributed by atoms with Crippen LogP contribution in [-0.4, -0.2) is 45.5 Å². The van der Waals surface area contributed by atoms with Gasteiger partial charge in [-0.05, 0) is 43.4 Å². The van der Waals surface area contributed by atoms with Gasteiger partial charge in [0.15, 0.2) is 0 Å². The minimum absolute atomic E-state index is 0.00318. The van der Waals surface area contributed by atoms with Crippen LogP contribution in [0.25, 0.3) is 0 Å². The van der Waals surface area contributed by atoms with Gasteiger partial charge in [0.1, 0.15) is 11.6 Å². The fourth-order valence-corrected chi connectivity index (χ4v) is 4.66. The number of urea groups is 1. The summed E-state index contributed by atoms with van der Waals surface area (Å²) < 4.78 is 8.58. The summed E-state index contributed by atoms with van der Waals surface area (Å²) in [5.74, 6) is 1.94. The summed E-state index contributed by atoms with van der Waals surface area (Å²) in [6.07, 6.45) is 6.14. The van der Waals surface area contributed by atoms with E-state index in [0.717, 1.165) is 42.8 Å². The Morgan fingerprint density at radius 1 is 1.13 bits per heavy atom. The van der Waals surface area contributed by atoms with Gasteiger partial charge >= 0.3 is 11.7 Å². The van der Waals surface area contributed by atoms with Crippen molar-refractivity contribution in [1.82, 2.24) is 24.6 Å². The molecule has 0 bridgehead atoms. The number of hydrogen-bond donors (Lipinski definition) is 1. The molecule has 2 amide bonds. The van der Waals surface area contributed by atoms with E-state index in [-0.39, 0.29) is 23.7 Å². The first-order valence-electron chi connectivity index (χ1n) is 10.9. The number of methoxy groups -OCH3 is 1. The Morgan fingerprint density at radius 2 is 1.80 bits per heavy atom. The average Bonchev–Trinajstić information content (AvgIpc) is 3.41. The van der Waals surface area contributed by atoms with Gasteiger partial charge in [-0.2, -0.15) is 5.10 Å². The van der Waals surface area contributed by atoms with Crippen LogP contribution in [0.5, 0.6) is 5.75 Å². The standard InChI is InChI=1S/C22H31N5O3/c1-25-22(29)27(18-5-3-4-6-18)20(24-25)17-11-13-26(14-12-17)21(28)23-15-16-7-9-19(30-2)10-8-16/h7-10,17-18H,3-6,11-15H2,1-2H3,(H,23,28). The molecule has 30 heavy (non-hydrogen) atoms. The summed E-state index contributed by atoms with van der Waals surface area (Å²) in [7, 11) is 3.37. The predicted molar refractivity (Wildman–Crippen MR) is 114 cm³/mol. The van der Waals surface area contributed by atoms with Crippen molar-refractivity contribution in [2.24, 2.45) is 7.05 Å². The summed E-state index contributed by atoms with van der Waals surface area (Å²) in [6, 6.07) is 7.93. The van der Waals surface area contributed by atoms with E-state index < -0.39 is 0 Å². The van der Waals surface area contributed by atoms with Crippen LogP contribution < -0.4 is 15.7 Å². The highest BCUT2D eigenvalue weighted by molar-refractivity contribution is 5.74. The third-order valence-corrected chi connectivity index (χ3v) is 6.42. The molecular weight excluding hydrogens is 382 g/mol.